The topological polar surface area (TPSA) is 96.0 Å². The second kappa shape index (κ2) is 15.5. The molecule has 11 heteroatoms. The number of nitrogens with one attached hydrogen (secondary N) is 1. The number of ether oxygens (including phenoxy) is 1. The van der Waals surface area contributed by atoms with Crippen molar-refractivity contribution in [2.45, 2.75) is 50.2 Å². The summed E-state index contributed by atoms with van der Waals surface area (Å²) in [6.45, 7) is 2.68. The second-order valence-corrected chi connectivity index (χ2v) is 12.7. The first-order valence-corrected chi connectivity index (χ1v) is 16.3. The molecule has 2 atom stereocenters. The Hall–Kier alpha value is -4.77. The summed E-state index contributed by atoms with van der Waals surface area (Å²) in [5.74, 6) is -1.97. The van der Waals surface area contributed by atoms with Crippen LogP contribution in [0.3, 0.4) is 0 Å². The van der Waals surface area contributed by atoms with Gasteiger partial charge in [-0.25, -0.2) is 17.2 Å². The molecule has 0 saturated carbocycles. The average molecular weight is 650 g/mol. The van der Waals surface area contributed by atoms with Gasteiger partial charge in [0.1, 0.15) is 30.0 Å². The van der Waals surface area contributed by atoms with E-state index in [1.54, 1.807) is 18.2 Å². The average Bonchev–Trinajstić information content (AvgIpc) is 3.06. The van der Waals surface area contributed by atoms with Gasteiger partial charge in [0.25, 0.3) is 10.0 Å². The van der Waals surface area contributed by atoms with Crippen LogP contribution in [-0.4, -0.2) is 50.9 Å². The Morgan fingerprint density at radius 1 is 0.870 bits per heavy atom. The van der Waals surface area contributed by atoms with Gasteiger partial charge in [0, 0.05) is 24.6 Å². The van der Waals surface area contributed by atoms with Crippen molar-refractivity contribution < 1.29 is 31.5 Å². The zero-order valence-corrected chi connectivity index (χ0v) is 26.7. The van der Waals surface area contributed by atoms with Gasteiger partial charge in [-0.05, 0) is 73.5 Å². The Balaban J connectivity index is 1.81. The minimum absolute atomic E-state index is 0.0278. The number of nitrogens with zero attached hydrogens (tertiary/aromatic N) is 2. The molecule has 0 aliphatic rings. The van der Waals surface area contributed by atoms with Crippen LogP contribution in [0.15, 0.2) is 108 Å². The van der Waals surface area contributed by atoms with Crippen molar-refractivity contribution in [1.82, 2.24) is 10.2 Å². The Labute approximate surface area is 268 Å². The van der Waals surface area contributed by atoms with Crippen molar-refractivity contribution in [3.63, 3.8) is 0 Å². The molecule has 1 N–H and O–H groups in total. The van der Waals surface area contributed by atoms with Gasteiger partial charge in [-0.3, -0.25) is 13.9 Å². The van der Waals surface area contributed by atoms with Crippen LogP contribution >= 0.6 is 0 Å². The number of methoxy groups -OCH3 is 1. The molecule has 0 aliphatic heterocycles. The maximum Gasteiger partial charge on any atom is 0.264 e. The van der Waals surface area contributed by atoms with Crippen molar-refractivity contribution in [3.8, 4) is 5.75 Å². The van der Waals surface area contributed by atoms with E-state index >= 15 is 4.39 Å². The van der Waals surface area contributed by atoms with Crippen molar-refractivity contribution in [2.24, 2.45) is 0 Å². The largest absolute Gasteiger partial charge is 0.497 e. The normalized spacial score (nSPS) is 12.5. The quantitative estimate of drug-likeness (QED) is 0.189. The third-order valence-corrected chi connectivity index (χ3v) is 9.40. The van der Waals surface area contributed by atoms with Crippen molar-refractivity contribution in [2.75, 3.05) is 18.0 Å². The lowest BCUT2D eigenvalue weighted by molar-refractivity contribution is -0.140. The first kappa shape index (κ1) is 34.1. The van der Waals surface area contributed by atoms with E-state index in [2.05, 4.69) is 5.32 Å². The number of anilines is 1. The zero-order valence-electron chi connectivity index (χ0n) is 25.9. The molecular weight excluding hydrogens is 612 g/mol. The molecule has 0 saturated heterocycles. The van der Waals surface area contributed by atoms with Gasteiger partial charge >= 0.3 is 0 Å². The van der Waals surface area contributed by atoms with Crippen molar-refractivity contribution in [1.29, 1.82) is 0 Å². The van der Waals surface area contributed by atoms with Gasteiger partial charge in [0.05, 0.1) is 17.7 Å². The summed E-state index contributed by atoms with van der Waals surface area (Å²) in [6.07, 6.45) is 0.717. The van der Waals surface area contributed by atoms with Gasteiger partial charge in [-0.2, -0.15) is 0 Å². The monoisotopic (exact) mass is 649 g/mol. The first-order chi connectivity index (χ1) is 22.0. The Morgan fingerprint density at radius 2 is 1.50 bits per heavy atom. The lowest BCUT2D eigenvalue weighted by Gasteiger charge is -2.34. The molecule has 4 rings (SSSR count). The van der Waals surface area contributed by atoms with Gasteiger partial charge in [0.15, 0.2) is 0 Å². The third-order valence-electron chi connectivity index (χ3n) is 7.61. The minimum Gasteiger partial charge on any atom is -0.497 e. The number of amides is 2. The van der Waals surface area contributed by atoms with Crippen LogP contribution in [-0.2, 0) is 32.6 Å². The number of rotatable bonds is 14. The minimum atomic E-state index is -4.40. The molecule has 0 aliphatic carbocycles. The standard InChI is InChI=1S/C35H37F2N3O5S/c1-4-25(2)38-35(42)33(22-26-10-6-5-7-11-26)39(23-27-12-8-9-13-32(27)37)34(41)24-40(29-16-14-28(36)15-17-29)46(43,44)31-20-18-30(45-3)19-21-31/h5-21,25,33H,4,22-24H2,1-3H3,(H,38,42). The fourth-order valence-electron chi connectivity index (χ4n) is 4.82. The van der Waals surface area contributed by atoms with Gasteiger partial charge in [0.2, 0.25) is 11.8 Å². The van der Waals surface area contributed by atoms with E-state index in [1.807, 2.05) is 32.0 Å². The van der Waals surface area contributed by atoms with E-state index in [9.17, 15) is 22.4 Å². The molecule has 4 aromatic rings. The van der Waals surface area contributed by atoms with Crippen LogP contribution in [0.2, 0.25) is 0 Å². The molecule has 0 spiro atoms. The SMILES string of the molecule is CCC(C)NC(=O)C(Cc1ccccc1)N(Cc1ccccc1F)C(=O)CN(c1ccc(F)cc1)S(=O)(=O)c1ccc(OC)cc1. The zero-order chi connectivity index (χ0) is 33.3. The number of halogens is 2. The smallest absolute Gasteiger partial charge is 0.264 e. The molecule has 0 heterocycles. The highest BCUT2D eigenvalue weighted by atomic mass is 32.2. The van der Waals surface area contributed by atoms with Crippen LogP contribution in [0.4, 0.5) is 14.5 Å². The van der Waals surface area contributed by atoms with E-state index in [-0.39, 0.29) is 35.2 Å². The Kier molecular flexibility index (Phi) is 11.5. The number of hydrogen-bond acceptors (Lipinski definition) is 5. The predicted molar refractivity (Wildman–Crippen MR) is 173 cm³/mol. The lowest BCUT2D eigenvalue weighted by atomic mass is 10.0. The van der Waals surface area contributed by atoms with E-state index in [4.69, 9.17) is 4.74 Å². The van der Waals surface area contributed by atoms with Gasteiger partial charge < -0.3 is 15.0 Å². The summed E-state index contributed by atoms with van der Waals surface area (Å²) in [4.78, 5) is 29.3. The number of sulfonamides is 1. The fraction of sp³-hybridized carbons (Fsp3) is 0.257. The highest BCUT2D eigenvalue weighted by Gasteiger charge is 2.35. The molecule has 242 valence electrons. The molecule has 2 amide bonds. The molecule has 0 radical (unpaired) electrons. The Bertz CT molecular complexity index is 1720. The molecule has 0 fully saturated rings. The fourth-order valence-corrected chi connectivity index (χ4v) is 6.23. The summed E-state index contributed by atoms with van der Waals surface area (Å²) in [7, 11) is -2.95. The van der Waals surface area contributed by atoms with Gasteiger partial charge in [-0.1, -0.05) is 55.5 Å². The molecule has 4 aromatic carbocycles. The van der Waals surface area contributed by atoms with Crippen molar-refractivity contribution in [3.05, 3.63) is 126 Å². The van der Waals surface area contributed by atoms with E-state index < -0.39 is 46.1 Å². The number of hydrogen-bond donors (Lipinski definition) is 1. The van der Waals surface area contributed by atoms with Crippen LogP contribution in [0.5, 0.6) is 5.75 Å². The Morgan fingerprint density at radius 3 is 2.11 bits per heavy atom. The molecule has 0 aromatic heterocycles. The predicted octanol–water partition coefficient (Wildman–Crippen LogP) is 5.72. The molecule has 46 heavy (non-hydrogen) atoms. The van der Waals surface area contributed by atoms with Crippen LogP contribution in [0.25, 0.3) is 0 Å². The van der Waals surface area contributed by atoms with Crippen LogP contribution in [0, 0.1) is 11.6 Å². The van der Waals surface area contributed by atoms with Gasteiger partial charge in [-0.15, -0.1) is 0 Å². The summed E-state index contributed by atoms with van der Waals surface area (Å²) in [6, 6.07) is 23.9. The van der Waals surface area contributed by atoms with Crippen molar-refractivity contribution >= 4 is 27.5 Å². The maximum absolute atomic E-state index is 15.0. The highest BCUT2D eigenvalue weighted by Crippen LogP contribution is 2.27. The maximum atomic E-state index is 15.0. The van der Waals surface area contributed by atoms with E-state index in [0.717, 1.165) is 22.0 Å². The van der Waals surface area contributed by atoms with Crippen LogP contribution in [0.1, 0.15) is 31.4 Å². The van der Waals surface area contributed by atoms with E-state index in [0.29, 0.717) is 12.2 Å². The molecule has 0 bridgehead atoms. The number of benzene rings is 4. The second-order valence-electron chi connectivity index (χ2n) is 10.8. The summed E-state index contributed by atoms with van der Waals surface area (Å²) >= 11 is 0. The van der Waals surface area contributed by atoms with E-state index in [1.165, 1.54) is 66.6 Å². The molecular formula is C35H37F2N3O5S. The summed E-state index contributed by atoms with van der Waals surface area (Å²) in [5, 5.41) is 2.93. The number of carbonyl (C=O) groups is 2. The van der Waals surface area contributed by atoms with Crippen LogP contribution < -0.4 is 14.4 Å². The summed E-state index contributed by atoms with van der Waals surface area (Å²) < 4.78 is 63.0. The summed E-state index contributed by atoms with van der Waals surface area (Å²) in [5.41, 5.74) is 0.927. The highest BCUT2D eigenvalue weighted by molar-refractivity contribution is 7.92. The third kappa shape index (κ3) is 8.48. The first-order valence-electron chi connectivity index (χ1n) is 14.8. The molecule has 8 nitrogen and oxygen atoms in total. The lowest BCUT2D eigenvalue weighted by Crippen LogP contribution is -2.54. The molecule has 2 unspecified atom stereocenters. The number of carbonyl (C=O) groups excluding carboxylic acids is 2.